The molecule has 3 N–H and O–H groups in total. The molecule has 0 fully saturated rings. The van der Waals surface area contributed by atoms with Crippen molar-refractivity contribution in [1.82, 2.24) is 0 Å². The predicted molar refractivity (Wildman–Crippen MR) is 74.4 cm³/mol. The Labute approximate surface area is 113 Å². The van der Waals surface area contributed by atoms with E-state index in [4.69, 9.17) is 5.73 Å². The number of aliphatic hydroxyl groups is 1. The molecular weight excluding hydrogens is 242 g/mol. The van der Waals surface area contributed by atoms with Gasteiger partial charge in [0, 0.05) is 11.1 Å². The summed E-state index contributed by atoms with van der Waals surface area (Å²) in [5.74, 6) is -1.65. The van der Waals surface area contributed by atoms with E-state index < -0.39 is 11.6 Å². The van der Waals surface area contributed by atoms with Gasteiger partial charge in [0.1, 0.15) is 5.76 Å². The molecule has 19 heavy (non-hydrogen) atoms. The summed E-state index contributed by atoms with van der Waals surface area (Å²) < 4.78 is 0. The highest BCUT2D eigenvalue weighted by Crippen LogP contribution is 2.28. The lowest BCUT2D eigenvalue weighted by atomic mass is 9.83. The molecule has 0 aliphatic heterocycles. The Morgan fingerprint density at radius 3 is 2.42 bits per heavy atom. The summed E-state index contributed by atoms with van der Waals surface area (Å²) in [4.78, 5) is 23.7. The van der Waals surface area contributed by atoms with Gasteiger partial charge in [-0.05, 0) is 39.5 Å². The smallest absolute Gasteiger partial charge is 0.232 e. The number of ketones is 2. The predicted octanol–water partition coefficient (Wildman–Crippen LogP) is 2.57. The first-order valence-electron chi connectivity index (χ1n) is 6.39. The van der Waals surface area contributed by atoms with Crippen LogP contribution in [0.2, 0.25) is 0 Å². The van der Waals surface area contributed by atoms with Crippen molar-refractivity contribution < 1.29 is 14.7 Å². The molecule has 0 amide bonds. The SMILES string of the molecule is CC(C)=CCC[C@@H](C)C1=C(N)C(O)=C(C)C(=O)C1=O. The van der Waals surface area contributed by atoms with E-state index >= 15 is 0 Å². The first-order chi connectivity index (χ1) is 8.77. The van der Waals surface area contributed by atoms with Crippen molar-refractivity contribution in [3.8, 4) is 0 Å². The number of carbonyl (C=O) groups is 2. The van der Waals surface area contributed by atoms with Gasteiger partial charge in [-0.1, -0.05) is 18.6 Å². The van der Waals surface area contributed by atoms with E-state index in [1.807, 2.05) is 20.8 Å². The maximum absolute atomic E-state index is 12.0. The Hall–Kier alpha value is -1.84. The lowest BCUT2D eigenvalue weighted by Crippen LogP contribution is -2.30. The van der Waals surface area contributed by atoms with Crippen molar-refractivity contribution in [2.24, 2.45) is 11.7 Å². The Kier molecular flexibility index (Phi) is 4.70. The van der Waals surface area contributed by atoms with Crippen LogP contribution >= 0.6 is 0 Å². The van der Waals surface area contributed by atoms with Gasteiger partial charge in [-0.25, -0.2) is 0 Å². The van der Waals surface area contributed by atoms with Crippen molar-refractivity contribution in [1.29, 1.82) is 0 Å². The van der Waals surface area contributed by atoms with Crippen LogP contribution in [0.4, 0.5) is 0 Å². The summed E-state index contributed by atoms with van der Waals surface area (Å²) in [5, 5.41) is 9.78. The van der Waals surface area contributed by atoms with Crippen LogP contribution < -0.4 is 5.73 Å². The van der Waals surface area contributed by atoms with E-state index in [1.165, 1.54) is 12.5 Å². The van der Waals surface area contributed by atoms with Crippen LogP contribution in [0, 0.1) is 5.92 Å². The van der Waals surface area contributed by atoms with E-state index in [9.17, 15) is 14.7 Å². The lowest BCUT2D eigenvalue weighted by Gasteiger charge is -2.21. The third-order valence-corrected chi connectivity index (χ3v) is 3.34. The van der Waals surface area contributed by atoms with E-state index in [0.717, 1.165) is 6.42 Å². The molecule has 4 nitrogen and oxygen atoms in total. The molecule has 0 bridgehead atoms. The molecule has 1 atom stereocenters. The Morgan fingerprint density at radius 2 is 1.89 bits per heavy atom. The fourth-order valence-electron chi connectivity index (χ4n) is 2.11. The van der Waals surface area contributed by atoms with Crippen LogP contribution in [-0.4, -0.2) is 16.7 Å². The van der Waals surface area contributed by atoms with Crippen molar-refractivity contribution in [3.63, 3.8) is 0 Å². The molecule has 1 aliphatic rings. The van der Waals surface area contributed by atoms with Crippen molar-refractivity contribution >= 4 is 11.6 Å². The van der Waals surface area contributed by atoms with Gasteiger partial charge >= 0.3 is 0 Å². The maximum atomic E-state index is 12.0. The van der Waals surface area contributed by atoms with E-state index in [-0.39, 0.29) is 28.5 Å². The summed E-state index contributed by atoms with van der Waals surface area (Å²) >= 11 is 0. The summed E-state index contributed by atoms with van der Waals surface area (Å²) in [6, 6.07) is 0. The Balaban J connectivity index is 3.00. The van der Waals surface area contributed by atoms with E-state index in [2.05, 4.69) is 6.08 Å². The number of Topliss-reactive ketones (excluding diaryl/α,β-unsaturated/α-hetero) is 2. The van der Waals surface area contributed by atoms with Gasteiger partial charge in [0.2, 0.25) is 11.6 Å². The van der Waals surface area contributed by atoms with Gasteiger partial charge in [-0.3, -0.25) is 9.59 Å². The molecular formula is C15H21NO3. The van der Waals surface area contributed by atoms with Crippen molar-refractivity contribution in [3.05, 3.63) is 34.3 Å². The summed E-state index contributed by atoms with van der Waals surface area (Å²) in [6.07, 6.45) is 3.60. The van der Waals surface area contributed by atoms with Crippen molar-refractivity contribution in [2.75, 3.05) is 0 Å². The summed E-state index contributed by atoms with van der Waals surface area (Å²) in [6.45, 7) is 7.27. The number of hydrogen-bond donors (Lipinski definition) is 2. The second-order valence-electron chi connectivity index (χ2n) is 5.22. The van der Waals surface area contributed by atoms with Gasteiger partial charge < -0.3 is 10.8 Å². The normalized spacial score (nSPS) is 17.9. The van der Waals surface area contributed by atoms with Gasteiger partial charge in [-0.15, -0.1) is 0 Å². The first kappa shape index (κ1) is 15.2. The third kappa shape index (κ3) is 3.13. The molecule has 1 rings (SSSR count). The molecule has 0 aromatic heterocycles. The zero-order chi connectivity index (χ0) is 14.7. The molecule has 0 aromatic rings. The number of carbonyl (C=O) groups excluding carboxylic acids is 2. The standard InChI is InChI=1S/C15H21NO3/c1-8(2)6-5-7-9(3)11-12(16)13(17)10(4)14(18)15(11)19/h6,9,17H,5,7,16H2,1-4H3/t9-/m1/s1. The first-order valence-corrected chi connectivity index (χ1v) is 6.39. The summed E-state index contributed by atoms with van der Waals surface area (Å²) in [7, 11) is 0. The highest BCUT2D eigenvalue weighted by atomic mass is 16.3. The number of allylic oxidation sites excluding steroid dienone is 4. The molecule has 0 radical (unpaired) electrons. The minimum atomic E-state index is -0.657. The molecule has 1 aliphatic carbocycles. The van der Waals surface area contributed by atoms with E-state index in [1.54, 1.807) is 0 Å². The van der Waals surface area contributed by atoms with Crippen LogP contribution in [-0.2, 0) is 9.59 Å². The highest BCUT2D eigenvalue weighted by Gasteiger charge is 2.33. The van der Waals surface area contributed by atoms with Crippen LogP contribution in [0.5, 0.6) is 0 Å². The average molecular weight is 263 g/mol. The molecule has 4 heteroatoms. The Bertz CT molecular complexity index is 505. The number of nitrogens with two attached hydrogens (primary N) is 1. The molecule has 0 unspecified atom stereocenters. The molecule has 0 heterocycles. The molecule has 0 aromatic carbocycles. The molecule has 0 saturated carbocycles. The van der Waals surface area contributed by atoms with Gasteiger partial charge in [0.15, 0.2) is 0 Å². The summed E-state index contributed by atoms with van der Waals surface area (Å²) in [5.41, 5.74) is 7.31. The van der Waals surface area contributed by atoms with E-state index in [0.29, 0.717) is 6.42 Å². The monoisotopic (exact) mass is 263 g/mol. The second-order valence-corrected chi connectivity index (χ2v) is 5.22. The lowest BCUT2D eigenvalue weighted by molar-refractivity contribution is -0.132. The fourth-order valence-corrected chi connectivity index (χ4v) is 2.11. The number of rotatable bonds is 4. The van der Waals surface area contributed by atoms with Gasteiger partial charge in [0.05, 0.1) is 5.70 Å². The van der Waals surface area contributed by atoms with Crippen LogP contribution in [0.25, 0.3) is 0 Å². The zero-order valence-corrected chi connectivity index (χ0v) is 11.9. The van der Waals surface area contributed by atoms with Gasteiger partial charge in [-0.2, -0.15) is 0 Å². The quantitative estimate of drug-likeness (QED) is 0.464. The zero-order valence-electron chi connectivity index (χ0n) is 11.9. The molecule has 0 spiro atoms. The van der Waals surface area contributed by atoms with Crippen LogP contribution in [0.3, 0.4) is 0 Å². The third-order valence-electron chi connectivity index (χ3n) is 3.34. The van der Waals surface area contributed by atoms with Crippen molar-refractivity contribution in [2.45, 2.75) is 40.5 Å². The highest BCUT2D eigenvalue weighted by molar-refractivity contribution is 6.50. The maximum Gasteiger partial charge on any atom is 0.232 e. The Morgan fingerprint density at radius 1 is 1.32 bits per heavy atom. The molecule has 0 saturated heterocycles. The molecule has 104 valence electrons. The largest absolute Gasteiger partial charge is 0.505 e. The van der Waals surface area contributed by atoms with Crippen LogP contribution in [0.1, 0.15) is 40.5 Å². The minimum Gasteiger partial charge on any atom is -0.505 e. The topological polar surface area (TPSA) is 80.4 Å². The number of hydrogen-bond acceptors (Lipinski definition) is 4. The van der Waals surface area contributed by atoms with Crippen LogP contribution in [0.15, 0.2) is 34.3 Å². The minimum absolute atomic E-state index is 0.0303. The number of aliphatic hydroxyl groups excluding tert-OH is 1. The fraction of sp³-hybridized carbons (Fsp3) is 0.467. The average Bonchev–Trinajstić information content (AvgIpc) is 2.34. The van der Waals surface area contributed by atoms with Gasteiger partial charge in [0.25, 0.3) is 0 Å². The second kappa shape index (κ2) is 5.87.